The van der Waals surface area contributed by atoms with Crippen molar-refractivity contribution >= 4 is 29.3 Å². The van der Waals surface area contributed by atoms with Crippen LogP contribution in [0.4, 0.5) is 0 Å². The average Bonchev–Trinajstić information content (AvgIpc) is 1.79. The fourth-order valence-electron chi connectivity index (χ4n) is 0.552. The number of rotatable bonds is 5. The summed E-state index contributed by atoms with van der Waals surface area (Å²) in [4.78, 5) is 19.8. The number of hydrogen-bond acceptors (Lipinski definition) is 2. The van der Waals surface area contributed by atoms with Crippen LogP contribution in [0.3, 0.4) is 0 Å². The van der Waals surface area contributed by atoms with Crippen LogP contribution in [0.1, 0.15) is 25.7 Å². The topological polar surface area (TPSA) is 74.6 Å². The molecule has 0 amide bonds. The molecule has 4 nitrogen and oxygen atoms in total. The van der Waals surface area contributed by atoms with Gasteiger partial charge >= 0.3 is 11.9 Å². The zero-order valence-electron chi connectivity index (χ0n) is 5.89. The molecule has 72 valence electrons. The molecule has 0 aromatic carbocycles. The van der Waals surface area contributed by atoms with Crippen molar-refractivity contribution in [1.29, 1.82) is 0 Å². The van der Waals surface area contributed by atoms with Gasteiger partial charge in [-0.2, -0.15) is 0 Å². The molecule has 0 unspecified atom stereocenters. The summed E-state index contributed by atoms with van der Waals surface area (Å²) >= 11 is 0. The van der Waals surface area contributed by atoms with Crippen molar-refractivity contribution in [3.8, 4) is 0 Å². The molecule has 0 saturated carbocycles. The molecule has 0 atom stereocenters. The molecule has 0 radical (unpaired) electrons. The number of unbranched alkanes of at least 4 members (excludes halogenated alkanes) is 1. The SMILES string of the molecule is O=C(O)CCCCC(=O)O.[AlH3].[Fe]. The van der Waals surface area contributed by atoms with E-state index in [9.17, 15) is 9.59 Å². The van der Waals surface area contributed by atoms with Crippen LogP contribution >= 0.6 is 0 Å². The van der Waals surface area contributed by atoms with E-state index in [2.05, 4.69) is 0 Å². The van der Waals surface area contributed by atoms with Gasteiger partial charge < -0.3 is 10.2 Å². The fraction of sp³-hybridized carbons (Fsp3) is 0.667. The maximum Gasteiger partial charge on any atom is 0.303 e. The Morgan fingerprint density at radius 3 is 1.33 bits per heavy atom. The number of hydrogen-bond donors (Lipinski definition) is 2. The van der Waals surface area contributed by atoms with Gasteiger partial charge in [-0.15, -0.1) is 0 Å². The molecular weight excluding hydrogens is 219 g/mol. The third-order valence-corrected chi connectivity index (χ3v) is 1.03. The van der Waals surface area contributed by atoms with Gasteiger partial charge in [0.1, 0.15) is 0 Å². The minimum Gasteiger partial charge on any atom is -0.481 e. The summed E-state index contributed by atoms with van der Waals surface area (Å²) in [6, 6.07) is 0. The van der Waals surface area contributed by atoms with Gasteiger partial charge in [0, 0.05) is 29.9 Å². The Labute approximate surface area is 91.9 Å². The molecule has 0 aliphatic carbocycles. The molecule has 0 aliphatic rings. The minimum absolute atomic E-state index is 0. The smallest absolute Gasteiger partial charge is 0.303 e. The number of carbonyl (C=O) groups is 2. The Morgan fingerprint density at radius 2 is 1.17 bits per heavy atom. The number of carboxylic acid groups (broad SMARTS) is 2. The molecule has 0 aliphatic heterocycles. The van der Waals surface area contributed by atoms with Gasteiger partial charge in [0.2, 0.25) is 0 Å². The van der Waals surface area contributed by atoms with Gasteiger partial charge in [-0.1, -0.05) is 0 Å². The van der Waals surface area contributed by atoms with Crippen molar-refractivity contribution < 1.29 is 36.9 Å². The van der Waals surface area contributed by atoms with E-state index in [1.54, 1.807) is 0 Å². The molecule has 0 spiro atoms. The van der Waals surface area contributed by atoms with Gasteiger partial charge in [0.05, 0.1) is 0 Å². The molecule has 0 fully saturated rings. The van der Waals surface area contributed by atoms with Crippen molar-refractivity contribution in [2.24, 2.45) is 0 Å². The first-order valence-electron chi connectivity index (χ1n) is 3.06. The van der Waals surface area contributed by atoms with Crippen LogP contribution in [0, 0.1) is 0 Å². The predicted octanol–water partition coefficient (Wildman–Crippen LogP) is -0.470. The van der Waals surface area contributed by atoms with E-state index < -0.39 is 11.9 Å². The van der Waals surface area contributed by atoms with Crippen molar-refractivity contribution in [3.05, 3.63) is 0 Å². The van der Waals surface area contributed by atoms with Gasteiger partial charge in [0.25, 0.3) is 0 Å². The normalized spacial score (nSPS) is 7.67. The molecule has 6 heteroatoms. The van der Waals surface area contributed by atoms with Crippen LogP contribution in [0.25, 0.3) is 0 Å². The van der Waals surface area contributed by atoms with E-state index in [-0.39, 0.29) is 47.3 Å². The van der Waals surface area contributed by atoms with E-state index in [4.69, 9.17) is 10.2 Å². The van der Waals surface area contributed by atoms with Crippen LogP contribution in [0.15, 0.2) is 0 Å². The standard InChI is InChI=1S/C6H10O4.Al.Fe.3H/c7-5(8)3-1-2-4-6(9)10;;;;;/h1-4H2,(H,7,8)(H,9,10);;;;;. The summed E-state index contributed by atoms with van der Waals surface area (Å²) in [6.07, 6.45) is 1.02. The Hall–Kier alpha value is -0.00805. The van der Waals surface area contributed by atoms with Gasteiger partial charge in [-0.25, -0.2) is 0 Å². The van der Waals surface area contributed by atoms with Crippen LogP contribution < -0.4 is 0 Å². The first kappa shape index (κ1) is 17.9. The molecule has 0 aromatic rings. The molecule has 0 aromatic heterocycles. The van der Waals surface area contributed by atoms with Crippen molar-refractivity contribution in [2.75, 3.05) is 0 Å². The maximum absolute atomic E-state index is 9.90. The molecule has 0 rings (SSSR count). The van der Waals surface area contributed by atoms with Crippen LogP contribution in [0.2, 0.25) is 0 Å². The molecule has 0 saturated heterocycles. The Morgan fingerprint density at radius 1 is 0.917 bits per heavy atom. The Bertz CT molecular complexity index is 124. The van der Waals surface area contributed by atoms with E-state index in [1.807, 2.05) is 0 Å². The van der Waals surface area contributed by atoms with Crippen LogP contribution in [-0.2, 0) is 26.7 Å². The third kappa shape index (κ3) is 16.5. The quantitative estimate of drug-likeness (QED) is 0.496. The molecular formula is C6H13AlFeO4. The second-order valence-corrected chi connectivity index (χ2v) is 1.99. The summed E-state index contributed by atoms with van der Waals surface area (Å²) < 4.78 is 0. The van der Waals surface area contributed by atoms with Crippen molar-refractivity contribution in [1.82, 2.24) is 0 Å². The van der Waals surface area contributed by atoms with Gasteiger partial charge in [-0.05, 0) is 12.8 Å². The first-order valence-corrected chi connectivity index (χ1v) is 3.06. The first-order chi connectivity index (χ1) is 4.63. The summed E-state index contributed by atoms with van der Waals surface area (Å²) in [5, 5.41) is 16.3. The Kier molecular flexibility index (Phi) is 16.4. The third-order valence-electron chi connectivity index (χ3n) is 1.03. The second-order valence-electron chi connectivity index (χ2n) is 1.99. The second kappa shape index (κ2) is 11.0. The predicted molar refractivity (Wildman–Crippen MR) is 43.7 cm³/mol. The van der Waals surface area contributed by atoms with E-state index in [1.165, 1.54) is 0 Å². The molecule has 2 N–H and O–H groups in total. The summed E-state index contributed by atoms with van der Waals surface area (Å²) in [5.41, 5.74) is 0. The summed E-state index contributed by atoms with van der Waals surface area (Å²) in [7, 11) is 0. The number of aliphatic carboxylic acids is 2. The van der Waals surface area contributed by atoms with Crippen LogP contribution in [0.5, 0.6) is 0 Å². The van der Waals surface area contributed by atoms with Crippen molar-refractivity contribution in [3.63, 3.8) is 0 Å². The zero-order valence-corrected chi connectivity index (χ0v) is 7.00. The van der Waals surface area contributed by atoms with Crippen molar-refractivity contribution in [2.45, 2.75) is 25.7 Å². The van der Waals surface area contributed by atoms with Crippen LogP contribution in [-0.4, -0.2) is 39.5 Å². The number of carboxylic acids is 2. The molecule has 0 heterocycles. The van der Waals surface area contributed by atoms with E-state index in [0.29, 0.717) is 12.8 Å². The molecule has 0 bridgehead atoms. The summed E-state index contributed by atoms with van der Waals surface area (Å²) in [6.45, 7) is 0. The zero-order chi connectivity index (χ0) is 7.98. The average molecular weight is 232 g/mol. The van der Waals surface area contributed by atoms with E-state index in [0.717, 1.165) is 0 Å². The minimum atomic E-state index is -0.870. The van der Waals surface area contributed by atoms with Gasteiger partial charge in [-0.3, -0.25) is 9.59 Å². The fourth-order valence-corrected chi connectivity index (χ4v) is 0.552. The van der Waals surface area contributed by atoms with Gasteiger partial charge in [0.15, 0.2) is 17.4 Å². The Balaban J connectivity index is -0.000000405. The molecule has 12 heavy (non-hydrogen) atoms. The largest absolute Gasteiger partial charge is 0.481 e. The monoisotopic (exact) mass is 232 g/mol. The summed E-state index contributed by atoms with van der Waals surface area (Å²) in [5.74, 6) is -1.74. The van der Waals surface area contributed by atoms with E-state index >= 15 is 0 Å². The maximum atomic E-state index is 9.90.